The van der Waals surface area contributed by atoms with Crippen LogP contribution in [-0.4, -0.2) is 13.2 Å². The molecule has 84 valence electrons. The minimum absolute atomic E-state index is 0.319. The Hall–Kier alpha value is -1.47. The number of hydrogen-bond acceptors (Lipinski definition) is 2. The van der Waals surface area contributed by atoms with E-state index in [0.717, 1.165) is 12.1 Å². The maximum Gasteiger partial charge on any atom is 0.127 e. The fourth-order valence-electron chi connectivity index (χ4n) is 1.98. The van der Waals surface area contributed by atoms with Crippen LogP contribution in [0.15, 0.2) is 18.2 Å². The molecule has 0 saturated carbocycles. The highest BCUT2D eigenvalue weighted by molar-refractivity contribution is 5.30. The van der Waals surface area contributed by atoms with Crippen molar-refractivity contribution in [2.45, 2.75) is 18.3 Å². The fourth-order valence-corrected chi connectivity index (χ4v) is 1.98. The predicted octanol–water partition coefficient (Wildman–Crippen LogP) is 2.54. The van der Waals surface area contributed by atoms with Crippen molar-refractivity contribution in [2.24, 2.45) is 0 Å². The second kappa shape index (κ2) is 4.18. The first kappa shape index (κ1) is 11.0. The Bertz CT molecular complexity index is 435. The van der Waals surface area contributed by atoms with Crippen molar-refractivity contribution in [1.82, 2.24) is 0 Å². The van der Waals surface area contributed by atoms with Gasteiger partial charge in [-0.1, -0.05) is 0 Å². The summed E-state index contributed by atoms with van der Waals surface area (Å²) in [5.74, 6) is -0.887. The van der Waals surface area contributed by atoms with Gasteiger partial charge in [0.05, 0.1) is 19.3 Å². The second-order valence-electron chi connectivity index (χ2n) is 4.06. The summed E-state index contributed by atoms with van der Waals surface area (Å²) in [5.41, 5.74) is -0.184. The highest BCUT2D eigenvalue weighted by atomic mass is 19.1. The zero-order valence-corrected chi connectivity index (χ0v) is 8.67. The largest absolute Gasteiger partial charge is 0.379 e. The summed E-state index contributed by atoms with van der Waals surface area (Å²) in [7, 11) is 0. The van der Waals surface area contributed by atoms with Crippen LogP contribution in [0.3, 0.4) is 0 Å². The zero-order valence-electron chi connectivity index (χ0n) is 8.67. The molecule has 2 nitrogen and oxygen atoms in total. The molecule has 2 rings (SSSR count). The van der Waals surface area contributed by atoms with Crippen LogP contribution in [0.1, 0.15) is 18.4 Å². The smallest absolute Gasteiger partial charge is 0.127 e. The molecule has 1 saturated heterocycles. The van der Waals surface area contributed by atoms with Crippen LogP contribution in [0, 0.1) is 23.0 Å². The van der Waals surface area contributed by atoms with Gasteiger partial charge in [-0.3, -0.25) is 0 Å². The number of nitrogens with zero attached hydrogens (tertiary/aromatic N) is 1. The summed E-state index contributed by atoms with van der Waals surface area (Å²) < 4.78 is 31.8. The lowest BCUT2D eigenvalue weighted by atomic mass is 9.75. The molecule has 0 spiro atoms. The number of rotatable bonds is 3. The minimum Gasteiger partial charge on any atom is -0.379 e. The lowest BCUT2D eigenvalue weighted by molar-refractivity contribution is -0.0654. The van der Waals surface area contributed by atoms with E-state index < -0.39 is 17.0 Å². The van der Waals surface area contributed by atoms with E-state index in [0.29, 0.717) is 31.6 Å². The van der Waals surface area contributed by atoms with Gasteiger partial charge in [-0.15, -0.1) is 0 Å². The van der Waals surface area contributed by atoms with Crippen LogP contribution in [0.5, 0.6) is 0 Å². The van der Waals surface area contributed by atoms with E-state index in [9.17, 15) is 8.78 Å². The van der Waals surface area contributed by atoms with Gasteiger partial charge < -0.3 is 4.74 Å². The Kier molecular flexibility index (Phi) is 2.88. The molecule has 1 heterocycles. The molecule has 0 amide bonds. The van der Waals surface area contributed by atoms with Crippen molar-refractivity contribution in [3.63, 3.8) is 0 Å². The second-order valence-corrected chi connectivity index (χ2v) is 4.06. The van der Waals surface area contributed by atoms with Crippen LogP contribution in [0.4, 0.5) is 8.78 Å². The topological polar surface area (TPSA) is 33.0 Å². The van der Waals surface area contributed by atoms with Crippen molar-refractivity contribution < 1.29 is 13.5 Å². The molecular weight excluding hydrogens is 212 g/mol. The molecule has 0 aromatic heterocycles. The number of ether oxygens (including phenoxy) is 1. The molecule has 1 aliphatic rings. The number of halogens is 2. The Morgan fingerprint density at radius 2 is 2.12 bits per heavy atom. The summed E-state index contributed by atoms with van der Waals surface area (Å²) in [6.45, 7) is 0.712. The lowest BCUT2D eigenvalue weighted by Crippen LogP contribution is -2.47. The standard InChI is InChI=1S/C12H11F2NO/c13-9-2-3-11(14)10(6-9)12(4-1-5-15)7-16-8-12/h2-3,6H,1,4,7-8H2. The van der Waals surface area contributed by atoms with Crippen LogP contribution < -0.4 is 0 Å². The first-order valence-electron chi connectivity index (χ1n) is 5.08. The van der Waals surface area contributed by atoms with Crippen molar-refractivity contribution >= 4 is 0 Å². The van der Waals surface area contributed by atoms with Crippen LogP contribution in [0.2, 0.25) is 0 Å². The highest BCUT2D eigenvalue weighted by Gasteiger charge is 2.41. The molecule has 4 heteroatoms. The Balaban J connectivity index is 2.33. The number of nitriles is 1. The average molecular weight is 223 g/mol. The minimum atomic E-state index is -0.512. The van der Waals surface area contributed by atoms with Gasteiger partial charge in [0.25, 0.3) is 0 Å². The summed E-state index contributed by atoms with van der Waals surface area (Å²) in [6.07, 6.45) is 0.823. The number of benzene rings is 1. The summed E-state index contributed by atoms with van der Waals surface area (Å²) >= 11 is 0. The van der Waals surface area contributed by atoms with E-state index in [1.807, 2.05) is 6.07 Å². The highest BCUT2D eigenvalue weighted by Crippen LogP contribution is 2.38. The average Bonchev–Trinajstić information content (AvgIpc) is 2.21. The molecule has 1 aliphatic heterocycles. The third-order valence-electron chi connectivity index (χ3n) is 2.97. The fraction of sp³-hybridized carbons (Fsp3) is 0.417. The molecule has 1 aromatic carbocycles. The van der Waals surface area contributed by atoms with Gasteiger partial charge in [-0.2, -0.15) is 5.26 Å². The van der Waals surface area contributed by atoms with Crippen LogP contribution in [0.25, 0.3) is 0 Å². The Morgan fingerprint density at radius 1 is 1.38 bits per heavy atom. The molecule has 1 fully saturated rings. The van der Waals surface area contributed by atoms with Crippen molar-refractivity contribution in [1.29, 1.82) is 5.26 Å². The molecule has 0 atom stereocenters. The van der Waals surface area contributed by atoms with Gasteiger partial charge in [0, 0.05) is 17.4 Å². The van der Waals surface area contributed by atoms with E-state index in [4.69, 9.17) is 10.00 Å². The van der Waals surface area contributed by atoms with Gasteiger partial charge in [-0.25, -0.2) is 8.78 Å². The number of hydrogen-bond donors (Lipinski definition) is 0. The zero-order chi connectivity index (χ0) is 11.6. The van der Waals surface area contributed by atoms with Crippen molar-refractivity contribution in [2.75, 3.05) is 13.2 Å². The summed E-state index contributed by atoms with van der Waals surface area (Å²) in [4.78, 5) is 0. The molecule has 16 heavy (non-hydrogen) atoms. The van der Waals surface area contributed by atoms with E-state index in [-0.39, 0.29) is 0 Å². The molecule has 0 bridgehead atoms. The van der Waals surface area contributed by atoms with E-state index in [1.54, 1.807) is 0 Å². The maximum absolute atomic E-state index is 13.6. The molecule has 1 aromatic rings. The quantitative estimate of drug-likeness (QED) is 0.788. The normalized spacial score (nSPS) is 17.6. The van der Waals surface area contributed by atoms with Crippen molar-refractivity contribution in [3.8, 4) is 6.07 Å². The van der Waals surface area contributed by atoms with Gasteiger partial charge in [0.15, 0.2) is 0 Å². The molecule has 0 aliphatic carbocycles. The third kappa shape index (κ3) is 1.79. The van der Waals surface area contributed by atoms with Gasteiger partial charge >= 0.3 is 0 Å². The third-order valence-corrected chi connectivity index (χ3v) is 2.97. The van der Waals surface area contributed by atoms with Crippen LogP contribution in [-0.2, 0) is 10.2 Å². The Labute approximate surface area is 92.5 Å². The molecular formula is C12H11F2NO. The van der Waals surface area contributed by atoms with Crippen LogP contribution >= 0.6 is 0 Å². The SMILES string of the molecule is N#CCCC1(c2cc(F)ccc2F)COC1. The summed E-state index contributed by atoms with van der Waals surface area (Å²) in [6, 6.07) is 5.44. The first-order valence-corrected chi connectivity index (χ1v) is 5.08. The Morgan fingerprint density at radius 3 is 2.69 bits per heavy atom. The monoisotopic (exact) mass is 223 g/mol. The first-order chi connectivity index (χ1) is 7.68. The molecule has 0 radical (unpaired) electrons. The van der Waals surface area contributed by atoms with E-state index in [1.165, 1.54) is 6.07 Å². The van der Waals surface area contributed by atoms with Gasteiger partial charge in [0.1, 0.15) is 11.6 Å². The van der Waals surface area contributed by atoms with E-state index in [2.05, 4.69) is 0 Å². The lowest BCUT2D eigenvalue weighted by Gasteiger charge is -2.41. The molecule has 0 unspecified atom stereocenters. The predicted molar refractivity (Wildman–Crippen MR) is 53.7 cm³/mol. The van der Waals surface area contributed by atoms with Crippen molar-refractivity contribution in [3.05, 3.63) is 35.4 Å². The van der Waals surface area contributed by atoms with E-state index >= 15 is 0 Å². The molecule has 0 N–H and O–H groups in total. The summed E-state index contributed by atoms with van der Waals surface area (Å²) in [5, 5.41) is 8.56. The van der Waals surface area contributed by atoms with Gasteiger partial charge in [-0.05, 0) is 24.6 Å². The van der Waals surface area contributed by atoms with Gasteiger partial charge in [0.2, 0.25) is 0 Å². The maximum atomic E-state index is 13.6.